The Kier molecular flexibility index (Phi) is 5.96. The first-order valence-corrected chi connectivity index (χ1v) is 7.28. The topological polar surface area (TPSA) is 59.3 Å². The Labute approximate surface area is 135 Å². The molecule has 0 radical (unpaired) electrons. The second kappa shape index (κ2) is 8.40. The van der Waals surface area contributed by atoms with Crippen molar-refractivity contribution in [3.05, 3.63) is 71.3 Å². The third-order valence-corrected chi connectivity index (χ3v) is 3.06. The fraction of sp³-hybridized carbons (Fsp3) is 0.158. The lowest BCUT2D eigenvalue weighted by Crippen LogP contribution is -2.05. The van der Waals surface area contributed by atoms with E-state index in [4.69, 9.17) is 14.7 Å². The summed E-state index contributed by atoms with van der Waals surface area (Å²) >= 11 is 0. The molecule has 0 saturated carbocycles. The lowest BCUT2D eigenvalue weighted by Gasteiger charge is -2.06. The van der Waals surface area contributed by atoms with Gasteiger partial charge in [0.1, 0.15) is 24.0 Å². The maximum atomic E-state index is 11.6. The van der Waals surface area contributed by atoms with Crippen LogP contribution in [0.2, 0.25) is 0 Å². The first-order valence-electron chi connectivity index (χ1n) is 7.28. The van der Waals surface area contributed by atoms with Crippen molar-refractivity contribution in [3.8, 4) is 11.8 Å². The van der Waals surface area contributed by atoms with Crippen LogP contribution in [0.25, 0.3) is 6.08 Å². The van der Waals surface area contributed by atoms with Crippen molar-refractivity contribution in [2.24, 2.45) is 0 Å². The van der Waals surface area contributed by atoms with Crippen molar-refractivity contribution < 1.29 is 14.3 Å². The first-order chi connectivity index (χ1) is 11.2. The largest absolute Gasteiger partial charge is 0.489 e. The van der Waals surface area contributed by atoms with Gasteiger partial charge in [-0.15, -0.1) is 0 Å². The van der Waals surface area contributed by atoms with Crippen LogP contribution in [-0.2, 0) is 16.1 Å². The van der Waals surface area contributed by atoms with Gasteiger partial charge in [0.15, 0.2) is 0 Å². The van der Waals surface area contributed by atoms with Gasteiger partial charge in [0.05, 0.1) is 6.61 Å². The zero-order chi connectivity index (χ0) is 16.5. The standard InChI is InChI=1S/C19H17NO3/c1-2-22-19(21)17(13-20)12-15-8-10-18(11-9-15)23-14-16-6-4-3-5-7-16/h3-12H,2,14H2,1H3/b17-12-. The molecule has 4 heteroatoms. The van der Waals surface area contributed by atoms with Crippen LogP contribution in [0.1, 0.15) is 18.1 Å². The fourth-order valence-electron chi connectivity index (χ4n) is 1.91. The molecule has 2 aromatic rings. The number of rotatable bonds is 6. The number of carbonyl (C=O) groups is 1. The van der Waals surface area contributed by atoms with E-state index in [0.717, 1.165) is 16.9 Å². The highest BCUT2D eigenvalue weighted by molar-refractivity contribution is 5.97. The predicted molar refractivity (Wildman–Crippen MR) is 87.4 cm³/mol. The molecule has 0 atom stereocenters. The molecule has 0 unspecified atom stereocenters. The summed E-state index contributed by atoms with van der Waals surface area (Å²) in [6, 6.07) is 18.9. The Morgan fingerprint density at radius 3 is 2.43 bits per heavy atom. The van der Waals surface area contributed by atoms with Crippen LogP contribution >= 0.6 is 0 Å². The van der Waals surface area contributed by atoms with Gasteiger partial charge in [-0.05, 0) is 36.3 Å². The fourth-order valence-corrected chi connectivity index (χ4v) is 1.91. The van der Waals surface area contributed by atoms with Gasteiger partial charge in [0.25, 0.3) is 0 Å². The number of esters is 1. The van der Waals surface area contributed by atoms with Gasteiger partial charge in [-0.1, -0.05) is 42.5 Å². The van der Waals surface area contributed by atoms with E-state index in [-0.39, 0.29) is 12.2 Å². The van der Waals surface area contributed by atoms with E-state index in [9.17, 15) is 4.79 Å². The van der Waals surface area contributed by atoms with Crippen LogP contribution in [0.3, 0.4) is 0 Å². The van der Waals surface area contributed by atoms with Gasteiger partial charge in [-0.2, -0.15) is 5.26 Å². The highest BCUT2D eigenvalue weighted by Gasteiger charge is 2.09. The smallest absolute Gasteiger partial charge is 0.348 e. The second-order valence-corrected chi connectivity index (χ2v) is 4.73. The monoisotopic (exact) mass is 307 g/mol. The highest BCUT2D eigenvalue weighted by Crippen LogP contribution is 2.16. The Morgan fingerprint density at radius 1 is 1.13 bits per heavy atom. The third-order valence-electron chi connectivity index (χ3n) is 3.06. The summed E-state index contributed by atoms with van der Waals surface area (Å²) in [4.78, 5) is 11.6. The SMILES string of the molecule is CCOC(=O)/C(C#N)=C\c1ccc(OCc2ccccc2)cc1. The lowest BCUT2D eigenvalue weighted by molar-refractivity contribution is -0.137. The third kappa shape index (κ3) is 5.01. The quantitative estimate of drug-likeness (QED) is 0.463. The molecule has 0 N–H and O–H groups in total. The molecule has 2 aromatic carbocycles. The van der Waals surface area contributed by atoms with E-state index in [2.05, 4.69) is 0 Å². The van der Waals surface area contributed by atoms with Crippen LogP contribution in [0.4, 0.5) is 0 Å². The van der Waals surface area contributed by atoms with Crippen molar-refractivity contribution >= 4 is 12.0 Å². The summed E-state index contributed by atoms with van der Waals surface area (Å²) in [7, 11) is 0. The number of ether oxygens (including phenoxy) is 2. The van der Waals surface area contributed by atoms with E-state index in [1.165, 1.54) is 6.08 Å². The van der Waals surface area contributed by atoms with Gasteiger partial charge >= 0.3 is 5.97 Å². The maximum Gasteiger partial charge on any atom is 0.348 e. The average Bonchev–Trinajstić information content (AvgIpc) is 2.60. The summed E-state index contributed by atoms with van der Waals surface area (Å²) in [5.74, 6) is 0.111. The summed E-state index contributed by atoms with van der Waals surface area (Å²) in [5, 5.41) is 9.01. The number of nitrogens with zero attached hydrogens (tertiary/aromatic N) is 1. The van der Waals surface area contributed by atoms with E-state index in [0.29, 0.717) is 6.61 Å². The summed E-state index contributed by atoms with van der Waals surface area (Å²) in [6.45, 7) is 2.43. The molecule has 0 aliphatic carbocycles. The summed E-state index contributed by atoms with van der Waals surface area (Å²) in [5.41, 5.74) is 1.80. The Bertz CT molecular complexity index is 713. The molecule has 0 aromatic heterocycles. The van der Waals surface area contributed by atoms with Gasteiger partial charge in [0, 0.05) is 0 Å². The maximum absolute atomic E-state index is 11.6. The second-order valence-electron chi connectivity index (χ2n) is 4.73. The minimum Gasteiger partial charge on any atom is -0.489 e. The van der Waals surface area contributed by atoms with Crippen LogP contribution in [0, 0.1) is 11.3 Å². The van der Waals surface area contributed by atoms with Crippen molar-refractivity contribution in [1.29, 1.82) is 5.26 Å². The number of benzene rings is 2. The van der Waals surface area contributed by atoms with Crippen LogP contribution in [0.5, 0.6) is 5.75 Å². The van der Waals surface area contributed by atoms with Crippen LogP contribution < -0.4 is 4.74 Å². The molecule has 2 rings (SSSR count). The molecular weight excluding hydrogens is 290 g/mol. The summed E-state index contributed by atoms with van der Waals surface area (Å²) in [6.07, 6.45) is 1.50. The number of carbonyl (C=O) groups excluding carboxylic acids is 1. The van der Waals surface area contributed by atoms with Crippen molar-refractivity contribution in [2.45, 2.75) is 13.5 Å². The first kappa shape index (κ1) is 16.3. The molecule has 0 saturated heterocycles. The molecule has 0 amide bonds. The van der Waals surface area contributed by atoms with Crippen LogP contribution in [-0.4, -0.2) is 12.6 Å². The Hall–Kier alpha value is -3.06. The molecule has 23 heavy (non-hydrogen) atoms. The molecule has 0 aliphatic heterocycles. The van der Waals surface area contributed by atoms with Gasteiger partial charge in [-0.3, -0.25) is 0 Å². The average molecular weight is 307 g/mol. The molecule has 0 bridgehead atoms. The molecule has 116 valence electrons. The lowest BCUT2D eigenvalue weighted by atomic mass is 10.1. The molecule has 0 heterocycles. The van der Waals surface area contributed by atoms with Crippen molar-refractivity contribution in [3.63, 3.8) is 0 Å². The van der Waals surface area contributed by atoms with E-state index in [1.54, 1.807) is 31.2 Å². The van der Waals surface area contributed by atoms with Gasteiger partial charge in [0.2, 0.25) is 0 Å². The minimum absolute atomic E-state index is 0.0233. The molecule has 0 fully saturated rings. The zero-order valence-electron chi connectivity index (χ0n) is 12.9. The highest BCUT2D eigenvalue weighted by atomic mass is 16.5. The minimum atomic E-state index is -0.612. The van der Waals surface area contributed by atoms with Crippen LogP contribution in [0.15, 0.2) is 60.2 Å². The van der Waals surface area contributed by atoms with Gasteiger partial charge < -0.3 is 9.47 Å². The predicted octanol–water partition coefficient (Wildman–Crippen LogP) is 3.74. The van der Waals surface area contributed by atoms with E-state index >= 15 is 0 Å². The van der Waals surface area contributed by atoms with E-state index in [1.807, 2.05) is 36.4 Å². The molecule has 0 aliphatic rings. The van der Waals surface area contributed by atoms with Crippen molar-refractivity contribution in [2.75, 3.05) is 6.61 Å². The Balaban J connectivity index is 2.01. The summed E-state index contributed by atoms with van der Waals surface area (Å²) < 4.78 is 10.5. The molecule has 0 spiro atoms. The molecule has 4 nitrogen and oxygen atoms in total. The number of hydrogen-bond acceptors (Lipinski definition) is 4. The zero-order valence-corrected chi connectivity index (χ0v) is 12.9. The number of hydrogen-bond donors (Lipinski definition) is 0. The molecular formula is C19H17NO3. The Morgan fingerprint density at radius 2 is 1.83 bits per heavy atom. The number of nitriles is 1. The van der Waals surface area contributed by atoms with E-state index < -0.39 is 5.97 Å². The van der Waals surface area contributed by atoms with Gasteiger partial charge in [-0.25, -0.2) is 4.79 Å². The normalized spacial score (nSPS) is 10.7. The van der Waals surface area contributed by atoms with Crippen molar-refractivity contribution in [1.82, 2.24) is 0 Å².